The van der Waals surface area contributed by atoms with Crippen LogP contribution >= 0.6 is 39.1 Å². The second-order valence-electron chi connectivity index (χ2n) is 6.67. The van der Waals surface area contributed by atoms with E-state index >= 15 is 0 Å². The number of para-hydroxylation sites is 1. The quantitative estimate of drug-likeness (QED) is 0.295. The molecule has 0 heterocycles. The molecule has 2 N–H and O–H groups in total. The third kappa shape index (κ3) is 6.56. The fourth-order valence-corrected chi connectivity index (χ4v) is 3.54. The van der Waals surface area contributed by atoms with Gasteiger partial charge in [0.25, 0.3) is 11.8 Å². The van der Waals surface area contributed by atoms with E-state index in [1.165, 1.54) is 6.21 Å². The lowest BCUT2D eigenvalue weighted by Gasteiger charge is -2.12. The Balaban J connectivity index is 1.59. The number of hydrazone groups is 1. The molecule has 0 aliphatic rings. The molecule has 0 aliphatic carbocycles. The van der Waals surface area contributed by atoms with Crippen LogP contribution in [0.5, 0.6) is 5.75 Å². The highest BCUT2D eigenvalue weighted by molar-refractivity contribution is 9.10. The molecular weight excluding hydrogens is 517 g/mol. The number of amides is 2. The molecule has 32 heavy (non-hydrogen) atoms. The molecule has 3 aromatic carbocycles. The van der Waals surface area contributed by atoms with Gasteiger partial charge < -0.3 is 10.1 Å². The molecule has 0 spiro atoms. The zero-order valence-electron chi connectivity index (χ0n) is 16.9. The summed E-state index contributed by atoms with van der Waals surface area (Å²) in [5, 5.41) is 7.11. The molecule has 9 heteroatoms. The summed E-state index contributed by atoms with van der Waals surface area (Å²) in [4.78, 5) is 24.3. The zero-order chi connectivity index (χ0) is 23.1. The van der Waals surface area contributed by atoms with Gasteiger partial charge in [0.05, 0.1) is 16.3 Å². The number of benzene rings is 3. The first-order chi connectivity index (χ1) is 15.3. The minimum atomic E-state index is -0.356. The number of nitrogens with one attached hydrogen (secondary N) is 2. The summed E-state index contributed by atoms with van der Waals surface area (Å²) in [6.07, 6.45) is 1.41. The van der Waals surface area contributed by atoms with Gasteiger partial charge in [0, 0.05) is 15.7 Å². The van der Waals surface area contributed by atoms with Gasteiger partial charge in [-0.05, 0) is 60.5 Å². The van der Waals surface area contributed by atoms with Crippen molar-refractivity contribution in [3.63, 3.8) is 0 Å². The SMILES string of the molecule is Cc1ccccc1NC(=O)COc1c(Cl)cc(/C=N/NC(=O)c2ccc(Br)cc2)cc1Cl. The van der Waals surface area contributed by atoms with E-state index in [1.807, 2.05) is 25.1 Å². The van der Waals surface area contributed by atoms with Crippen LogP contribution in [0.2, 0.25) is 10.0 Å². The average Bonchev–Trinajstić information content (AvgIpc) is 2.75. The molecule has 6 nitrogen and oxygen atoms in total. The van der Waals surface area contributed by atoms with Crippen LogP contribution in [0.1, 0.15) is 21.5 Å². The Morgan fingerprint density at radius 3 is 2.38 bits per heavy atom. The number of anilines is 1. The Kier molecular flexibility index (Phi) is 8.27. The van der Waals surface area contributed by atoms with Gasteiger partial charge in [-0.3, -0.25) is 9.59 Å². The maximum Gasteiger partial charge on any atom is 0.271 e. The smallest absolute Gasteiger partial charge is 0.271 e. The van der Waals surface area contributed by atoms with E-state index in [-0.39, 0.29) is 34.2 Å². The van der Waals surface area contributed by atoms with Gasteiger partial charge in [-0.15, -0.1) is 0 Å². The Hall–Kier alpha value is -2.87. The second kappa shape index (κ2) is 11.1. The average molecular weight is 535 g/mol. The number of carbonyl (C=O) groups is 2. The van der Waals surface area contributed by atoms with Crippen molar-refractivity contribution in [2.45, 2.75) is 6.92 Å². The molecule has 0 bridgehead atoms. The fourth-order valence-electron chi connectivity index (χ4n) is 2.66. The molecule has 164 valence electrons. The van der Waals surface area contributed by atoms with Gasteiger partial charge in [-0.25, -0.2) is 5.43 Å². The molecule has 0 unspecified atom stereocenters. The molecule has 2 amide bonds. The van der Waals surface area contributed by atoms with Gasteiger partial charge in [-0.1, -0.05) is 57.3 Å². The molecule has 0 atom stereocenters. The normalized spacial score (nSPS) is 10.8. The lowest BCUT2D eigenvalue weighted by Crippen LogP contribution is -2.20. The van der Waals surface area contributed by atoms with Crippen molar-refractivity contribution in [1.82, 2.24) is 5.43 Å². The molecule has 3 rings (SSSR count). The number of ether oxygens (including phenoxy) is 1. The number of hydrogen-bond acceptors (Lipinski definition) is 4. The molecule has 0 radical (unpaired) electrons. The minimum Gasteiger partial charge on any atom is -0.481 e. The van der Waals surface area contributed by atoms with Crippen LogP contribution in [0.15, 0.2) is 70.2 Å². The zero-order valence-corrected chi connectivity index (χ0v) is 20.0. The van der Waals surface area contributed by atoms with Crippen LogP contribution in [0.25, 0.3) is 0 Å². The Labute approximate surface area is 203 Å². The van der Waals surface area contributed by atoms with Gasteiger partial charge in [0.1, 0.15) is 0 Å². The summed E-state index contributed by atoms with van der Waals surface area (Å²) in [7, 11) is 0. The van der Waals surface area contributed by atoms with Crippen molar-refractivity contribution in [3.8, 4) is 5.75 Å². The van der Waals surface area contributed by atoms with Crippen LogP contribution in [0, 0.1) is 6.92 Å². The molecular formula is C23H18BrCl2N3O3. The van der Waals surface area contributed by atoms with Crippen LogP contribution in [-0.2, 0) is 4.79 Å². The van der Waals surface area contributed by atoms with Crippen molar-refractivity contribution in [3.05, 3.63) is 91.9 Å². The maximum atomic E-state index is 12.2. The number of hydrogen-bond donors (Lipinski definition) is 2. The van der Waals surface area contributed by atoms with Crippen molar-refractivity contribution >= 4 is 62.8 Å². The van der Waals surface area contributed by atoms with Crippen molar-refractivity contribution < 1.29 is 14.3 Å². The van der Waals surface area contributed by atoms with Crippen LogP contribution in [-0.4, -0.2) is 24.6 Å². The number of carbonyl (C=O) groups excluding carboxylic acids is 2. The van der Waals surface area contributed by atoms with Gasteiger partial charge in [-0.2, -0.15) is 5.10 Å². The van der Waals surface area contributed by atoms with E-state index in [0.29, 0.717) is 16.8 Å². The lowest BCUT2D eigenvalue weighted by molar-refractivity contribution is -0.118. The second-order valence-corrected chi connectivity index (χ2v) is 8.40. The standard InChI is InChI=1S/C23H18BrCl2N3O3/c1-14-4-2-3-5-20(14)28-21(30)13-32-22-18(25)10-15(11-19(22)26)12-27-29-23(31)16-6-8-17(24)9-7-16/h2-12H,13H2,1H3,(H,28,30)(H,29,31)/b27-12+. The van der Waals surface area contributed by atoms with E-state index in [4.69, 9.17) is 27.9 Å². The van der Waals surface area contributed by atoms with E-state index in [0.717, 1.165) is 10.0 Å². The predicted octanol–water partition coefficient (Wildman–Crippen LogP) is 5.85. The van der Waals surface area contributed by atoms with Crippen molar-refractivity contribution in [2.75, 3.05) is 11.9 Å². The largest absolute Gasteiger partial charge is 0.481 e. The summed E-state index contributed by atoms with van der Waals surface area (Å²) >= 11 is 15.8. The van der Waals surface area contributed by atoms with Crippen LogP contribution in [0.3, 0.4) is 0 Å². The minimum absolute atomic E-state index is 0.185. The Morgan fingerprint density at radius 1 is 1.06 bits per heavy atom. The third-order valence-corrected chi connectivity index (χ3v) is 5.36. The number of halogens is 3. The number of nitrogens with zero attached hydrogens (tertiary/aromatic N) is 1. The Bertz CT molecular complexity index is 1140. The molecule has 0 aromatic heterocycles. The lowest BCUT2D eigenvalue weighted by atomic mass is 10.2. The first kappa shape index (κ1) is 23.8. The highest BCUT2D eigenvalue weighted by Gasteiger charge is 2.12. The topological polar surface area (TPSA) is 79.8 Å². The maximum absolute atomic E-state index is 12.2. The summed E-state index contributed by atoms with van der Waals surface area (Å²) in [5.41, 5.74) is 5.09. The molecule has 0 saturated carbocycles. The first-order valence-electron chi connectivity index (χ1n) is 9.40. The molecule has 0 aliphatic heterocycles. The summed E-state index contributed by atoms with van der Waals surface area (Å²) in [6, 6.07) is 17.4. The predicted molar refractivity (Wildman–Crippen MR) is 131 cm³/mol. The molecule has 0 fully saturated rings. The highest BCUT2D eigenvalue weighted by Crippen LogP contribution is 2.33. The van der Waals surface area contributed by atoms with E-state index in [9.17, 15) is 9.59 Å². The molecule has 0 saturated heterocycles. The van der Waals surface area contributed by atoms with E-state index in [1.54, 1.807) is 42.5 Å². The Morgan fingerprint density at radius 2 is 1.72 bits per heavy atom. The van der Waals surface area contributed by atoms with Gasteiger partial charge >= 0.3 is 0 Å². The molecule has 3 aromatic rings. The number of aryl methyl sites for hydroxylation is 1. The van der Waals surface area contributed by atoms with Crippen LogP contribution < -0.4 is 15.5 Å². The summed E-state index contributed by atoms with van der Waals surface area (Å²) in [6.45, 7) is 1.64. The fraction of sp³-hybridized carbons (Fsp3) is 0.0870. The van der Waals surface area contributed by atoms with Crippen molar-refractivity contribution in [2.24, 2.45) is 5.10 Å². The number of rotatable bonds is 7. The highest BCUT2D eigenvalue weighted by atomic mass is 79.9. The summed E-state index contributed by atoms with van der Waals surface area (Å²) < 4.78 is 6.38. The van der Waals surface area contributed by atoms with E-state index in [2.05, 4.69) is 31.8 Å². The monoisotopic (exact) mass is 533 g/mol. The first-order valence-corrected chi connectivity index (χ1v) is 10.9. The van der Waals surface area contributed by atoms with Crippen molar-refractivity contribution in [1.29, 1.82) is 0 Å². The van der Waals surface area contributed by atoms with Crippen LogP contribution in [0.4, 0.5) is 5.69 Å². The van der Waals surface area contributed by atoms with Gasteiger partial charge in [0.15, 0.2) is 12.4 Å². The third-order valence-electron chi connectivity index (χ3n) is 4.27. The van der Waals surface area contributed by atoms with Gasteiger partial charge in [0.2, 0.25) is 0 Å². The van der Waals surface area contributed by atoms with E-state index < -0.39 is 0 Å². The summed E-state index contributed by atoms with van der Waals surface area (Å²) in [5.74, 6) is -0.511.